The molecule has 0 fully saturated rings. The van der Waals surface area contributed by atoms with E-state index in [4.69, 9.17) is 5.90 Å². The van der Waals surface area contributed by atoms with Crippen molar-refractivity contribution in [3.63, 3.8) is 0 Å². The Bertz CT molecular complexity index is 542. The number of carbonyl (C=O) groups is 1. The van der Waals surface area contributed by atoms with Crippen LogP contribution in [0.1, 0.15) is 21.7 Å². The molecule has 0 aliphatic rings. The van der Waals surface area contributed by atoms with Gasteiger partial charge in [0.25, 0.3) is 0 Å². The Morgan fingerprint density at radius 1 is 1.41 bits per heavy atom. The normalized spacial score (nSPS) is 10.3. The first-order valence-corrected chi connectivity index (χ1v) is 5.02. The number of rotatable bonds is 2. The number of aromatic nitrogens is 3. The van der Waals surface area contributed by atoms with E-state index in [1.165, 1.54) is 6.20 Å². The first-order valence-electron chi connectivity index (χ1n) is 5.02. The molecule has 6 nitrogen and oxygen atoms in total. The number of aryl methyl sites for hydroxylation is 2. The number of H-pyrrole nitrogens is 1. The molecule has 0 bridgehead atoms. The van der Waals surface area contributed by atoms with Crippen LogP contribution in [-0.4, -0.2) is 21.2 Å². The van der Waals surface area contributed by atoms with Gasteiger partial charge in [-0.2, -0.15) is 11.0 Å². The Kier molecular flexibility index (Phi) is 2.88. The molecule has 0 amide bonds. The maximum Gasteiger partial charge on any atom is 0.375 e. The minimum Gasteiger partial charge on any atom is -0.368 e. The lowest BCUT2D eigenvalue weighted by molar-refractivity contribution is 0.0497. The number of carbonyl (C=O) groups excluding carboxylic acids is 1. The van der Waals surface area contributed by atoms with Crippen LogP contribution in [0.15, 0.2) is 18.3 Å². The summed E-state index contributed by atoms with van der Waals surface area (Å²) >= 11 is 0. The number of nitrogens with zero attached hydrogens (tertiary/aromatic N) is 2. The van der Waals surface area contributed by atoms with Gasteiger partial charge in [0.05, 0.1) is 17.5 Å². The highest BCUT2D eigenvalue weighted by molar-refractivity contribution is 5.94. The van der Waals surface area contributed by atoms with E-state index in [1.807, 2.05) is 26.0 Å². The summed E-state index contributed by atoms with van der Waals surface area (Å²) in [4.78, 5) is 19.9. The van der Waals surface area contributed by atoms with Gasteiger partial charge >= 0.3 is 5.97 Å². The van der Waals surface area contributed by atoms with Crippen molar-refractivity contribution >= 4 is 5.97 Å². The molecule has 6 heteroatoms. The Labute approximate surface area is 97.8 Å². The topological polar surface area (TPSA) is 93.9 Å². The van der Waals surface area contributed by atoms with Crippen LogP contribution in [0.4, 0.5) is 0 Å². The maximum absolute atomic E-state index is 11.4. The third-order valence-corrected chi connectivity index (χ3v) is 2.32. The summed E-state index contributed by atoms with van der Waals surface area (Å²) in [5, 5.41) is 6.35. The number of aromatic amines is 1. The van der Waals surface area contributed by atoms with Crippen molar-refractivity contribution < 1.29 is 9.63 Å². The Morgan fingerprint density at radius 3 is 2.82 bits per heavy atom. The zero-order valence-electron chi connectivity index (χ0n) is 9.52. The standard InChI is InChI=1S/C11H12N4O2/c1-6-3-7(2)14-9(4-6)8-5-13-15-10(8)11(16)17-12/h3-5H,12H2,1-2H3,(H,13,15). The van der Waals surface area contributed by atoms with E-state index in [0.29, 0.717) is 11.3 Å². The van der Waals surface area contributed by atoms with E-state index < -0.39 is 5.97 Å². The highest BCUT2D eigenvalue weighted by atomic mass is 16.7. The average Bonchev–Trinajstić information content (AvgIpc) is 2.75. The minimum absolute atomic E-state index is 0.199. The average molecular weight is 232 g/mol. The highest BCUT2D eigenvalue weighted by Gasteiger charge is 2.17. The summed E-state index contributed by atoms with van der Waals surface area (Å²) in [6.45, 7) is 3.84. The molecule has 0 aromatic carbocycles. The molecule has 2 heterocycles. The summed E-state index contributed by atoms with van der Waals surface area (Å²) in [5.41, 5.74) is 3.36. The molecule has 0 saturated carbocycles. The fraction of sp³-hybridized carbons (Fsp3) is 0.182. The molecular formula is C11H12N4O2. The molecule has 0 aliphatic heterocycles. The summed E-state index contributed by atoms with van der Waals surface area (Å²) in [5.74, 6) is 4.18. The van der Waals surface area contributed by atoms with Gasteiger partial charge < -0.3 is 4.84 Å². The summed E-state index contributed by atoms with van der Waals surface area (Å²) in [7, 11) is 0. The predicted molar refractivity (Wildman–Crippen MR) is 60.9 cm³/mol. The van der Waals surface area contributed by atoms with Crippen molar-refractivity contribution in [2.75, 3.05) is 0 Å². The molecule has 17 heavy (non-hydrogen) atoms. The molecule has 2 aromatic heterocycles. The predicted octanol–water partition coefficient (Wildman–Crippen LogP) is 1.12. The first-order chi connectivity index (χ1) is 8.11. The molecule has 88 valence electrons. The van der Waals surface area contributed by atoms with Gasteiger partial charge in [-0.1, -0.05) is 0 Å². The Hall–Kier alpha value is -2.21. The van der Waals surface area contributed by atoms with Crippen LogP contribution in [0.2, 0.25) is 0 Å². The second kappa shape index (κ2) is 4.34. The Morgan fingerprint density at radius 2 is 2.18 bits per heavy atom. The fourth-order valence-electron chi connectivity index (χ4n) is 1.67. The first kappa shape index (κ1) is 11.3. The van der Waals surface area contributed by atoms with Crippen LogP contribution < -0.4 is 5.90 Å². The number of hydrogen-bond acceptors (Lipinski definition) is 5. The van der Waals surface area contributed by atoms with Crippen molar-refractivity contribution in [3.8, 4) is 11.3 Å². The largest absolute Gasteiger partial charge is 0.375 e. The van der Waals surface area contributed by atoms with Gasteiger partial charge in [0.15, 0.2) is 5.69 Å². The second-order valence-electron chi connectivity index (χ2n) is 3.74. The summed E-state index contributed by atoms with van der Waals surface area (Å²) in [6, 6.07) is 3.82. The highest BCUT2D eigenvalue weighted by Crippen LogP contribution is 2.21. The van der Waals surface area contributed by atoms with Crippen LogP contribution in [0.3, 0.4) is 0 Å². The lowest BCUT2D eigenvalue weighted by Gasteiger charge is -2.03. The van der Waals surface area contributed by atoms with Gasteiger partial charge in [0.1, 0.15) is 0 Å². The van der Waals surface area contributed by atoms with Crippen molar-refractivity contribution in [3.05, 3.63) is 35.3 Å². The van der Waals surface area contributed by atoms with E-state index in [2.05, 4.69) is 20.0 Å². The summed E-state index contributed by atoms with van der Waals surface area (Å²) < 4.78 is 0. The zero-order chi connectivity index (χ0) is 12.4. The molecular weight excluding hydrogens is 220 g/mol. The number of hydrogen-bond donors (Lipinski definition) is 2. The van der Waals surface area contributed by atoms with Gasteiger partial charge in [-0.3, -0.25) is 10.1 Å². The molecule has 2 aromatic rings. The lowest BCUT2D eigenvalue weighted by Crippen LogP contribution is -2.11. The molecule has 2 rings (SSSR count). The monoisotopic (exact) mass is 232 g/mol. The van der Waals surface area contributed by atoms with Gasteiger partial charge in [-0.25, -0.2) is 4.79 Å². The van der Waals surface area contributed by atoms with Crippen LogP contribution in [0.5, 0.6) is 0 Å². The molecule has 0 spiro atoms. The molecule has 0 aliphatic carbocycles. The van der Waals surface area contributed by atoms with E-state index >= 15 is 0 Å². The van der Waals surface area contributed by atoms with Gasteiger partial charge in [-0.15, -0.1) is 0 Å². The second-order valence-corrected chi connectivity index (χ2v) is 3.74. The van der Waals surface area contributed by atoms with Gasteiger partial charge in [0.2, 0.25) is 0 Å². The van der Waals surface area contributed by atoms with Gasteiger partial charge in [0, 0.05) is 5.69 Å². The van der Waals surface area contributed by atoms with Crippen LogP contribution >= 0.6 is 0 Å². The lowest BCUT2D eigenvalue weighted by atomic mass is 10.1. The van der Waals surface area contributed by atoms with Crippen molar-refractivity contribution in [2.24, 2.45) is 5.90 Å². The molecule has 0 atom stereocenters. The molecule has 3 N–H and O–H groups in total. The van der Waals surface area contributed by atoms with E-state index in [9.17, 15) is 4.79 Å². The maximum atomic E-state index is 11.4. The SMILES string of the molecule is Cc1cc(C)nc(-c2cn[nH]c2C(=O)ON)c1. The van der Waals surface area contributed by atoms with Crippen molar-refractivity contribution in [1.29, 1.82) is 0 Å². The van der Waals surface area contributed by atoms with Crippen LogP contribution in [0.25, 0.3) is 11.3 Å². The van der Waals surface area contributed by atoms with E-state index in [0.717, 1.165) is 11.3 Å². The quantitative estimate of drug-likeness (QED) is 0.756. The van der Waals surface area contributed by atoms with E-state index in [-0.39, 0.29) is 5.69 Å². The fourth-order valence-corrected chi connectivity index (χ4v) is 1.67. The van der Waals surface area contributed by atoms with E-state index in [1.54, 1.807) is 0 Å². The van der Waals surface area contributed by atoms with Crippen molar-refractivity contribution in [1.82, 2.24) is 15.2 Å². The number of nitrogens with two attached hydrogens (primary N) is 1. The Balaban J connectivity index is 2.53. The number of nitrogens with one attached hydrogen (secondary N) is 1. The minimum atomic E-state index is -0.668. The summed E-state index contributed by atoms with van der Waals surface area (Å²) in [6.07, 6.45) is 1.52. The zero-order valence-corrected chi connectivity index (χ0v) is 9.52. The number of pyridine rings is 1. The third-order valence-electron chi connectivity index (χ3n) is 2.32. The molecule has 0 unspecified atom stereocenters. The van der Waals surface area contributed by atoms with Crippen LogP contribution in [-0.2, 0) is 4.84 Å². The van der Waals surface area contributed by atoms with Crippen molar-refractivity contribution in [2.45, 2.75) is 13.8 Å². The smallest absolute Gasteiger partial charge is 0.368 e. The molecule has 0 saturated heterocycles. The van der Waals surface area contributed by atoms with Gasteiger partial charge in [-0.05, 0) is 31.5 Å². The molecule has 0 radical (unpaired) electrons. The van der Waals surface area contributed by atoms with Crippen LogP contribution in [0, 0.1) is 13.8 Å². The third kappa shape index (κ3) is 2.16.